The third-order valence-corrected chi connectivity index (χ3v) is 3.79. The first-order valence-electron chi connectivity index (χ1n) is 6.08. The lowest BCUT2D eigenvalue weighted by Crippen LogP contribution is -1.94. The molecule has 1 unspecified atom stereocenters. The Labute approximate surface area is 90.4 Å². The van der Waals surface area contributed by atoms with Gasteiger partial charge in [-0.1, -0.05) is 46.0 Å². The molecule has 0 radical (unpaired) electrons. The Morgan fingerprint density at radius 2 is 1.57 bits per heavy atom. The average Bonchev–Trinajstić information content (AvgIpc) is 2.20. The standard InChI is InChI=1S/C12H25OP/c1-3-5-7-8-9-10-12-14(13)11-6-4-2/h12H,3-11H2,1-2H3. The second-order valence-electron chi connectivity index (χ2n) is 3.88. The average molecular weight is 216 g/mol. The zero-order valence-corrected chi connectivity index (χ0v) is 10.7. The highest BCUT2D eigenvalue weighted by Crippen LogP contribution is 2.14. The summed E-state index contributed by atoms with van der Waals surface area (Å²) in [5, 5.41) is 0. The molecule has 0 saturated carbocycles. The van der Waals surface area contributed by atoms with E-state index in [9.17, 15) is 4.89 Å². The van der Waals surface area contributed by atoms with Gasteiger partial charge in [0.25, 0.3) is 0 Å². The van der Waals surface area contributed by atoms with Crippen LogP contribution in [0.2, 0.25) is 0 Å². The lowest BCUT2D eigenvalue weighted by Gasteiger charge is -1.98. The Morgan fingerprint density at radius 3 is 2.21 bits per heavy atom. The minimum absolute atomic E-state index is 0.904. The van der Waals surface area contributed by atoms with E-state index in [0.717, 1.165) is 25.4 Å². The van der Waals surface area contributed by atoms with E-state index in [1.165, 1.54) is 32.1 Å². The van der Waals surface area contributed by atoms with E-state index in [4.69, 9.17) is 0 Å². The normalized spacial score (nSPS) is 12.1. The molecular weight excluding hydrogens is 191 g/mol. The summed E-state index contributed by atoms with van der Waals surface area (Å²) < 4.78 is 0. The maximum Gasteiger partial charge on any atom is 0.102 e. The van der Waals surface area contributed by atoms with Gasteiger partial charge in [-0.15, -0.1) is 0 Å². The Bertz CT molecular complexity index is 143. The van der Waals surface area contributed by atoms with Gasteiger partial charge < -0.3 is 4.89 Å². The first-order valence-corrected chi connectivity index (χ1v) is 7.59. The van der Waals surface area contributed by atoms with Crippen molar-refractivity contribution in [2.24, 2.45) is 0 Å². The molecule has 1 atom stereocenters. The van der Waals surface area contributed by atoms with Crippen molar-refractivity contribution in [2.45, 2.75) is 65.2 Å². The van der Waals surface area contributed by atoms with Crippen LogP contribution in [0, 0.1) is 0 Å². The SMILES string of the molecule is CCCCCCCC=[P+]([O-])CCCC. The van der Waals surface area contributed by atoms with Gasteiger partial charge in [0, 0.05) is 14.2 Å². The van der Waals surface area contributed by atoms with E-state index in [1.54, 1.807) is 0 Å². The fourth-order valence-corrected chi connectivity index (χ4v) is 2.67. The Morgan fingerprint density at radius 1 is 0.929 bits per heavy atom. The van der Waals surface area contributed by atoms with Crippen LogP contribution in [0.1, 0.15) is 65.2 Å². The molecule has 0 rings (SSSR count). The quantitative estimate of drug-likeness (QED) is 0.425. The van der Waals surface area contributed by atoms with Crippen molar-refractivity contribution in [3.8, 4) is 0 Å². The summed E-state index contributed by atoms with van der Waals surface area (Å²) in [7, 11) is -0.986. The van der Waals surface area contributed by atoms with Crippen LogP contribution < -0.4 is 4.89 Å². The second kappa shape index (κ2) is 11.2. The molecule has 84 valence electrons. The zero-order valence-electron chi connectivity index (χ0n) is 9.80. The van der Waals surface area contributed by atoms with Crippen molar-refractivity contribution in [2.75, 3.05) is 6.16 Å². The minimum Gasteiger partial charge on any atom is -0.631 e. The number of hydrogen-bond acceptors (Lipinski definition) is 1. The number of hydrogen-bond donors (Lipinski definition) is 0. The molecule has 0 heterocycles. The number of rotatable bonds is 9. The Hall–Kier alpha value is 0.130. The van der Waals surface area contributed by atoms with Gasteiger partial charge in [-0.2, -0.15) is 0 Å². The maximum absolute atomic E-state index is 11.4. The predicted octanol–water partition coefficient (Wildman–Crippen LogP) is 3.71. The topological polar surface area (TPSA) is 23.1 Å². The first-order chi connectivity index (χ1) is 6.81. The van der Waals surface area contributed by atoms with Gasteiger partial charge in [0.05, 0.1) is 5.80 Å². The minimum atomic E-state index is -0.986. The fraction of sp³-hybridized carbons (Fsp3) is 0.917. The molecule has 14 heavy (non-hydrogen) atoms. The van der Waals surface area contributed by atoms with Crippen molar-refractivity contribution in [1.29, 1.82) is 0 Å². The van der Waals surface area contributed by atoms with E-state index < -0.39 is 7.77 Å². The van der Waals surface area contributed by atoms with E-state index >= 15 is 0 Å². The molecule has 0 aromatic carbocycles. The molecule has 0 saturated heterocycles. The largest absolute Gasteiger partial charge is 0.631 e. The monoisotopic (exact) mass is 216 g/mol. The molecule has 1 nitrogen and oxygen atoms in total. The summed E-state index contributed by atoms with van der Waals surface area (Å²) in [5.74, 6) is 2.04. The zero-order chi connectivity index (χ0) is 10.6. The van der Waals surface area contributed by atoms with Crippen LogP contribution in [0.4, 0.5) is 0 Å². The molecule has 0 fully saturated rings. The van der Waals surface area contributed by atoms with Crippen LogP contribution in [-0.2, 0) is 0 Å². The van der Waals surface area contributed by atoms with Crippen LogP contribution in [0.25, 0.3) is 0 Å². The second-order valence-corrected chi connectivity index (χ2v) is 5.53. The van der Waals surface area contributed by atoms with Crippen molar-refractivity contribution in [1.82, 2.24) is 0 Å². The molecule has 0 aliphatic heterocycles. The summed E-state index contributed by atoms with van der Waals surface area (Å²) in [5.41, 5.74) is 0. The van der Waals surface area contributed by atoms with Gasteiger partial charge in [0.15, 0.2) is 0 Å². The summed E-state index contributed by atoms with van der Waals surface area (Å²) >= 11 is 0. The highest BCUT2D eigenvalue weighted by atomic mass is 31.1. The van der Waals surface area contributed by atoms with E-state index in [1.807, 2.05) is 5.80 Å². The van der Waals surface area contributed by atoms with Gasteiger partial charge in [-0.3, -0.25) is 0 Å². The van der Waals surface area contributed by atoms with Crippen molar-refractivity contribution in [3.05, 3.63) is 0 Å². The lowest BCUT2D eigenvalue weighted by molar-refractivity contribution is -0.152. The van der Waals surface area contributed by atoms with Gasteiger partial charge >= 0.3 is 0 Å². The molecule has 2 heteroatoms. The fourth-order valence-electron chi connectivity index (χ4n) is 1.39. The van der Waals surface area contributed by atoms with Crippen LogP contribution in [0.5, 0.6) is 0 Å². The van der Waals surface area contributed by atoms with E-state index in [0.29, 0.717) is 0 Å². The third kappa shape index (κ3) is 10.2. The summed E-state index contributed by atoms with van der Waals surface area (Å²) in [6, 6.07) is 0. The Kier molecular flexibility index (Phi) is 11.3. The van der Waals surface area contributed by atoms with Crippen LogP contribution in [-0.4, -0.2) is 12.0 Å². The number of unbranched alkanes of at least 4 members (excludes halogenated alkanes) is 6. The molecule has 0 bridgehead atoms. The molecule has 0 N–H and O–H groups in total. The highest BCUT2D eigenvalue weighted by molar-refractivity contribution is 7.49. The first kappa shape index (κ1) is 14.1. The lowest BCUT2D eigenvalue weighted by atomic mass is 10.1. The van der Waals surface area contributed by atoms with Gasteiger partial charge in [0.2, 0.25) is 0 Å². The van der Waals surface area contributed by atoms with Crippen molar-refractivity contribution >= 4 is 13.6 Å². The predicted molar refractivity (Wildman–Crippen MR) is 66.1 cm³/mol. The van der Waals surface area contributed by atoms with E-state index in [-0.39, 0.29) is 0 Å². The van der Waals surface area contributed by atoms with Crippen molar-refractivity contribution in [3.63, 3.8) is 0 Å². The summed E-state index contributed by atoms with van der Waals surface area (Å²) in [6.45, 7) is 4.38. The van der Waals surface area contributed by atoms with Gasteiger partial charge in [-0.05, 0) is 12.8 Å². The van der Waals surface area contributed by atoms with E-state index in [2.05, 4.69) is 13.8 Å². The molecule has 0 aromatic heterocycles. The molecule has 0 aromatic rings. The van der Waals surface area contributed by atoms with Gasteiger partial charge in [0.1, 0.15) is 6.16 Å². The maximum atomic E-state index is 11.4. The summed E-state index contributed by atoms with van der Waals surface area (Å²) in [6.07, 6.45) is 10.8. The highest BCUT2D eigenvalue weighted by Gasteiger charge is 1.95. The molecular formula is C12H25OP. The molecule has 0 spiro atoms. The van der Waals surface area contributed by atoms with Crippen LogP contribution >= 0.6 is 7.77 Å². The summed E-state index contributed by atoms with van der Waals surface area (Å²) in [4.78, 5) is 11.4. The van der Waals surface area contributed by atoms with Gasteiger partial charge in [-0.25, -0.2) is 0 Å². The molecule has 0 aliphatic carbocycles. The van der Waals surface area contributed by atoms with Crippen LogP contribution in [0.3, 0.4) is 0 Å². The molecule has 0 amide bonds. The van der Waals surface area contributed by atoms with Crippen molar-refractivity contribution < 1.29 is 4.89 Å². The van der Waals surface area contributed by atoms with Crippen LogP contribution in [0.15, 0.2) is 0 Å². The third-order valence-electron chi connectivity index (χ3n) is 2.37. The molecule has 0 aliphatic rings. The smallest absolute Gasteiger partial charge is 0.102 e. The Balaban J connectivity index is 3.23.